The van der Waals surface area contributed by atoms with Gasteiger partial charge in [-0.05, 0) is 30.0 Å². The van der Waals surface area contributed by atoms with Crippen LogP contribution in [0.4, 0.5) is 5.69 Å². The average Bonchev–Trinajstić information content (AvgIpc) is 2.73. The number of aryl methyl sites for hydroxylation is 1. The van der Waals surface area contributed by atoms with Gasteiger partial charge in [-0.3, -0.25) is 14.5 Å². The summed E-state index contributed by atoms with van der Waals surface area (Å²) in [6.07, 6.45) is 1.98. The summed E-state index contributed by atoms with van der Waals surface area (Å²) in [5.74, 6) is -0.482. The fourth-order valence-electron chi connectivity index (χ4n) is 3.76. The van der Waals surface area contributed by atoms with Gasteiger partial charge in [0.25, 0.3) is 0 Å². The van der Waals surface area contributed by atoms with Gasteiger partial charge in [-0.1, -0.05) is 55.5 Å². The molecule has 0 spiro atoms. The molecule has 1 atom stereocenters. The van der Waals surface area contributed by atoms with Crippen LogP contribution in [0.1, 0.15) is 24.5 Å². The minimum Gasteiger partial charge on any atom is -0.469 e. The van der Waals surface area contributed by atoms with E-state index in [0.29, 0.717) is 13.1 Å². The van der Waals surface area contributed by atoms with E-state index in [1.807, 2.05) is 65.3 Å². The molecule has 1 amide bonds. The Labute approximate surface area is 166 Å². The fourth-order valence-corrected chi connectivity index (χ4v) is 3.76. The highest BCUT2D eigenvalue weighted by Crippen LogP contribution is 2.27. The van der Waals surface area contributed by atoms with Crippen LogP contribution >= 0.6 is 0 Å². The molecule has 0 saturated heterocycles. The van der Waals surface area contributed by atoms with Crippen molar-refractivity contribution < 1.29 is 14.3 Å². The number of carbonyl (C=O) groups excluding carboxylic acids is 2. The van der Waals surface area contributed by atoms with Crippen molar-refractivity contribution in [2.75, 3.05) is 31.6 Å². The number of methoxy groups -OCH3 is 1. The van der Waals surface area contributed by atoms with Crippen LogP contribution in [0.25, 0.3) is 0 Å². The van der Waals surface area contributed by atoms with Crippen LogP contribution in [0, 0.1) is 5.92 Å². The zero-order chi connectivity index (χ0) is 19.9. The van der Waals surface area contributed by atoms with Gasteiger partial charge in [-0.15, -0.1) is 0 Å². The Morgan fingerprint density at radius 3 is 2.57 bits per heavy atom. The number of para-hydroxylation sites is 1. The van der Waals surface area contributed by atoms with Crippen molar-refractivity contribution >= 4 is 17.6 Å². The van der Waals surface area contributed by atoms with E-state index in [4.69, 9.17) is 4.74 Å². The molecule has 0 radical (unpaired) electrons. The van der Waals surface area contributed by atoms with E-state index in [-0.39, 0.29) is 24.3 Å². The zero-order valence-corrected chi connectivity index (χ0v) is 16.6. The van der Waals surface area contributed by atoms with Crippen molar-refractivity contribution in [1.29, 1.82) is 0 Å². The standard InChI is InChI=1S/C23H28N2O3/c1-18(23(27)28-2)15-24(16-19-9-4-3-5-10-19)17-22(26)25-14-8-12-20-11-6-7-13-21(20)25/h3-7,9-11,13,18H,8,12,14-17H2,1-2H3. The van der Waals surface area contributed by atoms with E-state index in [2.05, 4.69) is 6.07 Å². The lowest BCUT2D eigenvalue weighted by Crippen LogP contribution is -2.44. The molecule has 5 nitrogen and oxygen atoms in total. The first-order chi connectivity index (χ1) is 13.6. The SMILES string of the molecule is COC(=O)C(C)CN(CC(=O)N1CCCc2ccccc21)Cc1ccccc1. The highest BCUT2D eigenvalue weighted by molar-refractivity contribution is 5.96. The topological polar surface area (TPSA) is 49.9 Å². The van der Waals surface area contributed by atoms with Gasteiger partial charge in [-0.2, -0.15) is 0 Å². The van der Waals surface area contributed by atoms with Gasteiger partial charge in [0, 0.05) is 25.3 Å². The Morgan fingerprint density at radius 1 is 1.11 bits per heavy atom. The van der Waals surface area contributed by atoms with Gasteiger partial charge in [0.2, 0.25) is 5.91 Å². The monoisotopic (exact) mass is 380 g/mol. The molecule has 0 aliphatic carbocycles. The maximum atomic E-state index is 13.2. The van der Waals surface area contributed by atoms with Gasteiger partial charge in [-0.25, -0.2) is 0 Å². The lowest BCUT2D eigenvalue weighted by atomic mass is 10.0. The summed E-state index contributed by atoms with van der Waals surface area (Å²) in [4.78, 5) is 29.0. The minimum atomic E-state index is -0.296. The van der Waals surface area contributed by atoms with Crippen molar-refractivity contribution in [3.8, 4) is 0 Å². The summed E-state index contributed by atoms with van der Waals surface area (Å²) >= 11 is 0. The molecule has 0 fully saturated rings. The molecule has 3 rings (SSSR count). The third-order valence-corrected chi connectivity index (χ3v) is 5.15. The Morgan fingerprint density at radius 2 is 1.82 bits per heavy atom. The largest absolute Gasteiger partial charge is 0.469 e. The van der Waals surface area contributed by atoms with Gasteiger partial charge in [0.05, 0.1) is 19.6 Å². The predicted octanol–water partition coefficient (Wildman–Crippen LogP) is 3.28. The van der Waals surface area contributed by atoms with Crippen molar-refractivity contribution in [3.05, 3.63) is 65.7 Å². The lowest BCUT2D eigenvalue weighted by Gasteiger charge is -2.32. The number of nitrogens with zero attached hydrogens (tertiary/aromatic N) is 2. The van der Waals surface area contributed by atoms with Crippen molar-refractivity contribution in [2.24, 2.45) is 5.92 Å². The maximum absolute atomic E-state index is 13.2. The van der Waals surface area contributed by atoms with Crippen LogP contribution in [0.15, 0.2) is 54.6 Å². The molecule has 1 unspecified atom stereocenters. The summed E-state index contributed by atoms with van der Waals surface area (Å²) in [7, 11) is 1.40. The van der Waals surface area contributed by atoms with E-state index in [0.717, 1.165) is 30.6 Å². The normalized spacial score (nSPS) is 14.5. The second-order valence-corrected chi connectivity index (χ2v) is 7.36. The number of ether oxygens (including phenoxy) is 1. The van der Waals surface area contributed by atoms with Crippen molar-refractivity contribution in [1.82, 2.24) is 4.90 Å². The van der Waals surface area contributed by atoms with Gasteiger partial charge in [0.1, 0.15) is 0 Å². The Kier molecular flexibility index (Phi) is 6.82. The highest BCUT2D eigenvalue weighted by atomic mass is 16.5. The Bertz CT molecular complexity index is 807. The first-order valence-electron chi connectivity index (χ1n) is 9.81. The molecule has 0 saturated carbocycles. The molecular weight excluding hydrogens is 352 g/mol. The molecular formula is C23H28N2O3. The molecule has 28 heavy (non-hydrogen) atoms. The molecule has 1 aliphatic heterocycles. The van der Waals surface area contributed by atoms with Crippen LogP contribution < -0.4 is 4.90 Å². The quantitative estimate of drug-likeness (QED) is 0.692. The highest BCUT2D eigenvalue weighted by Gasteiger charge is 2.25. The summed E-state index contributed by atoms with van der Waals surface area (Å²) in [6, 6.07) is 18.1. The van der Waals surface area contributed by atoms with Crippen molar-refractivity contribution in [2.45, 2.75) is 26.3 Å². The van der Waals surface area contributed by atoms with E-state index >= 15 is 0 Å². The number of esters is 1. The first-order valence-corrected chi connectivity index (χ1v) is 9.81. The van der Waals surface area contributed by atoms with Gasteiger partial charge in [0.15, 0.2) is 0 Å². The second-order valence-electron chi connectivity index (χ2n) is 7.36. The van der Waals surface area contributed by atoms with Gasteiger partial charge >= 0.3 is 5.97 Å². The molecule has 5 heteroatoms. The van der Waals surface area contributed by atoms with E-state index in [1.165, 1.54) is 12.7 Å². The molecule has 0 bridgehead atoms. The number of rotatable bonds is 7. The number of carbonyl (C=O) groups is 2. The third kappa shape index (κ3) is 4.98. The van der Waals surface area contributed by atoms with Crippen LogP contribution in [-0.2, 0) is 27.3 Å². The fraction of sp³-hybridized carbons (Fsp3) is 0.391. The summed E-state index contributed by atoms with van der Waals surface area (Å²) in [5.41, 5.74) is 3.35. The number of benzene rings is 2. The summed E-state index contributed by atoms with van der Waals surface area (Å²) in [6.45, 7) is 3.93. The predicted molar refractivity (Wildman–Crippen MR) is 110 cm³/mol. The molecule has 1 aliphatic rings. The van der Waals surface area contributed by atoms with Crippen LogP contribution in [0.3, 0.4) is 0 Å². The van der Waals surface area contributed by atoms with Gasteiger partial charge < -0.3 is 9.64 Å². The molecule has 2 aromatic carbocycles. The molecule has 0 N–H and O–H groups in total. The average molecular weight is 380 g/mol. The van der Waals surface area contributed by atoms with E-state index in [1.54, 1.807) is 0 Å². The minimum absolute atomic E-state index is 0.0696. The van der Waals surface area contributed by atoms with Crippen molar-refractivity contribution in [3.63, 3.8) is 0 Å². The van der Waals surface area contributed by atoms with E-state index < -0.39 is 0 Å². The first kappa shape index (κ1) is 20.1. The third-order valence-electron chi connectivity index (χ3n) is 5.15. The number of anilines is 1. The number of fused-ring (bicyclic) bond motifs is 1. The number of amides is 1. The Balaban J connectivity index is 1.75. The Hall–Kier alpha value is -2.66. The lowest BCUT2D eigenvalue weighted by molar-refractivity contribution is -0.145. The van der Waals surface area contributed by atoms with Crippen LogP contribution in [0.5, 0.6) is 0 Å². The summed E-state index contributed by atoms with van der Waals surface area (Å²) in [5, 5.41) is 0. The van der Waals surface area contributed by atoms with Crippen LogP contribution in [0.2, 0.25) is 0 Å². The zero-order valence-electron chi connectivity index (χ0n) is 16.6. The second kappa shape index (κ2) is 9.51. The summed E-state index contributed by atoms with van der Waals surface area (Å²) < 4.78 is 4.87. The molecule has 1 heterocycles. The number of hydrogen-bond donors (Lipinski definition) is 0. The number of hydrogen-bond acceptors (Lipinski definition) is 4. The molecule has 148 valence electrons. The van der Waals surface area contributed by atoms with E-state index in [9.17, 15) is 9.59 Å². The maximum Gasteiger partial charge on any atom is 0.309 e. The molecule has 0 aromatic heterocycles. The van der Waals surface area contributed by atoms with Crippen LogP contribution in [-0.4, -0.2) is 43.5 Å². The smallest absolute Gasteiger partial charge is 0.309 e. The molecule has 2 aromatic rings.